The van der Waals surface area contributed by atoms with Crippen molar-refractivity contribution in [2.24, 2.45) is 5.73 Å². The summed E-state index contributed by atoms with van der Waals surface area (Å²) in [6.45, 7) is 6.73. The molecule has 4 N–H and O–H groups in total. The lowest BCUT2D eigenvalue weighted by atomic mass is 10.1. The van der Waals surface area contributed by atoms with Crippen LogP contribution in [-0.2, 0) is 4.74 Å². The van der Waals surface area contributed by atoms with Gasteiger partial charge >= 0.3 is 6.09 Å². The number of likely N-dealkylation sites (tertiary alicyclic amines) is 1. The quantitative estimate of drug-likeness (QED) is 0.622. The number of anilines is 3. The van der Waals surface area contributed by atoms with Gasteiger partial charge in [-0.3, -0.25) is 4.79 Å². The molecule has 1 fully saturated rings. The van der Waals surface area contributed by atoms with Crippen molar-refractivity contribution in [1.82, 2.24) is 15.1 Å². The Morgan fingerprint density at radius 1 is 1.16 bits per heavy atom. The first-order valence-electron chi connectivity index (χ1n) is 10.5. The summed E-state index contributed by atoms with van der Waals surface area (Å²) in [7, 11) is 1.71. The van der Waals surface area contributed by atoms with Crippen molar-refractivity contribution in [3.05, 3.63) is 36.0 Å². The number of ether oxygens (including phenoxy) is 2. The summed E-state index contributed by atoms with van der Waals surface area (Å²) in [5.74, 6) is 0.510. The van der Waals surface area contributed by atoms with Gasteiger partial charge in [0.25, 0.3) is 5.91 Å². The summed E-state index contributed by atoms with van der Waals surface area (Å²) >= 11 is 0. The van der Waals surface area contributed by atoms with E-state index in [0.717, 1.165) is 0 Å². The van der Waals surface area contributed by atoms with Crippen molar-refractivity contribution in [1.29, 1.82) is 0 Å². The molecule has 0 saturated carbocycles. The molecule has 1 aromatic heterocycles. The summed E-state index contributed by atoms with van der Waals surface area (Å²) in [4.78, 5) is 25.6. The highest BCUT2D eigenvalue weighted by Gasteiger charge is 2.27. The Morgan fingerprint density at radius 2 is 1.88 bits per heavy atom. The van der Waals surface area contributed by atoms with Crippen LogP contribution in [0.25, 0.3) is 0 Å². The molecule has 0 atom stereocenters. The SMILES string of the molecule is CNc1cc(Nc2cccc(OC3CCN(C(=O)OC(C)(C)C)CC3)c2)c(C(N)=O)nn1. The minimum atomic E-state index is -0.674. The van der Waals surface area contributed by atoms with Gasteiger partial charge in [-0.05, 0) is 32.9 Å². The molecule has 0 bridgehead atoms. The zero-order valence-corrected chi connectivity index (χ0v) is 18.8. The molecule has 172 valence electrons. The maximum atomic E-state index is 12.2. The minimum absolute atomic E-state index is 0.0106. The molecule has 2 heterocycles. The van der Waals surface area contributed by atoms with Crippen LogP contribution in [0.4, 0.5) is 22.0 Å². The number of nitrogens with one attached hydrogen (secondary N) is 2. The van der Waals surface area contributed by atoms with Gasteiger partial charge < -0.3 is 30.7 Å². The van der Waals surface area contributed by atoms with Gasteiger partial charge in [0.1, 0.15) is 17.5 Å². The Kier molecular flexibility index (Phi) is 7.01. The lowest BCUT2D eigenvalue weighted by Gasteiger charge is -2.33. The van der Waals surface area contributed by atoms with E-state index in [2.05, 4.69) is 20.8 Å². The molecule has 1 aromatic carbocycles. The van der Waals surface area contributed by atoms with E-state index in [0.29, 0.717) is 48.9 Å². The van der Waals surface area contributed by atoms with Crippen molar-refractivity contribution in [2.75, 3.05) is 30.8 Å². The Hall–Kier alpha value is -3.56. The number of primary amides is 1. The van der Waals surface area contributed by atoms with Gasteiger partial charge in [0.15, 0.2) is 11.5 Å². The van der Waals surface area contributed by atoms with Crippen LogP contribution >= 0.6 is 0 Å². The Balaban J connectivity index is 1.62. The van der Waals surface area contributed by atoms with Crippen LogP contribution in [0.15, 0.2) is 30.3 Å². The third-order valence-corrected chi connectivity index (χ3v) is 4.79. The first kappa shape index (κ1) is 23.1. The van der Waals surface area contributed by atoms with Gasteiger partial charge in [-0.25, -0.2) is 4.79 Å². The molecule has 1 saturated heterocycles. The number of carbonyl (C=O) groups excluding carboxylic acids is 2. The normalized spacial score (nSPS) is 14.6. The van der Waals surface area contributed by atoms with Crippen LogP contribution in [0.1, 0.15) is 44.1 Å². The number of aromatic nitrogens is 2. The lowest BCUT2D eigenvalue weighted by molar-refractivity contribution is 0.0126. The van der Waals surface area contributed by atoms with Gasteiger partial charge in [-0.1, -0.05) is 6.07 Å². The highest BCUT2D eigenvalue weighted by atomic mass is 16.6. The predicted octanol–water partition coefficient (Wildman–Crippen LogP) is 3.14. The molecule has 0 aliphatic carbocycles. The van der Waals surface area contributed by atoms with Gasteiger partial charge in [0.05, 0.1) is 5.69 Å². The number of hydrogen-bond acceptors (Lipinski definition) is 8. The standard InChI is InChI=1S/C22H30N6O4/c1-22(2,3)32-21(30)28-10-8-15(9-11-28)31-16-7-5-6-14(12-16)25-17-13-18(24-4)26-27-19(17)20(23)29/h5-7,12-13,15H,8-11H2,1-4H3,(H2,23,29)(H2,24,25,26). The molecule has 2 aromatic rings. The van der Waals surface area contributed by atoms with Crippen molar-refractivity contribution in [2.45, 2.75) is 45.3 Å². The average molecular weight is 443 g/mol. The first-order valence-corrected chi connectivity index (χ1v) is 10.5. The molecule has 0 radical (unpaired) electrons. The third kappa shape index (κ3) is 6.22. The second kappa shape index (κ2) is 9.71. The van der Waals surface area contributed by atoms with Crippen molar-refractivity contribution < 1.29 is 19.1 Å². The number of nitrogens with zero attached hydrogens (tertiary/aromatic N) is 3. The summed E-state index contributed by atoms with van der Waals surface area (Å²) < 4.78 is 11.6. The number of carbonyl (C=O) groups is 2. The fraction of sp³-hybridized carbons (Fsp3) is 0.455. The zero-order valence-electron chi connectivity index (χ0n) is 18.8. The number of amides is 2. The Morgan fingerprint density at radius 3 is 2.50 bits per heavy atom. The summed E-state index contributed by atoms with van der Waals surface area (Å²) in [5.41, 5.74) is 6.11. The maximum absolute atomic E-state index is 12.2. The zero-order chi connectivity index (χ0) is 23.3. The van der Waals surface area contributed by atoms with Crippen LogP contribution in [0, 0.1) is 0 Å². The van der Waals surface area contributed by atoms with E-state index in [9.17, 15) is 9.59 Å². The average Bonchev–Trinajstić information content (AvgIpc) is 2.73. The van der Waals surface area contributed by atoms with Crippen LogP contribution in [-0.4, -0.2) is 58.9 Å². The van der Waals surface area contributed by atoms with E-state index >= 15 is 0 Å². The van der Waals surface area contributed by atoms with Gasteiger partial charge in [-0.15, -0.1) is 10.2 Å². The number of benzene rings is 1. The van der Waals surface area contributed by atoms with Crippen molar-refractivity contribution in [3.8, 4) is 5.75 Å². The monoisotopic (exact) mass is 442 g/mol. The lowest BCUT2D eigenvalue weighted by Crippen LogP contribution is -2.44. The highest BCUT2D eigenvalue weighted by Crippen LogP contribution is 2.26. The van der Waals surface area contributed by atoms with Crippen molar-refractivity contribution >= 4 is 29.2 Å². The summed E-state index contributed by atoms with van der Waals surface area (Å²) in [6.07, 6.45) is 1.12. The topological polar surface area (TPSA) is 132 Å². The predicted molar refractivity (Wildman–Crippen MR) is 121 cm³/mol. The Bertz CT molecular complexity index is 967. The largest absolute Gasteiger partial charge is 0.490 e. The molecular weight excluding hydrogens is 412 g/mol. The molecule has 0 unspecified atom stereocenters. The van der Waals surface area contributed by atoms with E-state index in [1.165, 1.54) is 0 Å². The van der Waals surface area contributed by atoms with E-state index in [4.69, 9.17) is 15.2 Å². The van der Waals surface area contributed by atoms with Crippen molar-refractivity contribution in [3.63, 3.8) is 0 Å². The molecule has 0 spiro atoms. The van der Waals surface area contributed by atoms with Gasteiger partial charge in [0.2, 0.25) is 0 Å². The van der Waals surface area contributed by atoms with Crippen LogP contribution in [0.2, 0.25) is 0 Å². The molecule has 10 nitrogen and oxygen atoms in total. The van der Waals surface area contributed by atoms with Crippen LogP contribution in [0.3, 0.4) is 0 Å². The van der Waals surface area contributed by atoms with Gasteiger partial charge in [-0.2, -0.15) is 0 Å². The second-order valence-corrected chi connectivity index (χ2v) is 8.54. The number of nitrogens with two attached hydrogens (primary N) is 1. The Labute approximate surface area is 187 Å². The van der Waals surface area contributed by atoms with Crippen LogP contribution < -0.4 is 21.1 Å². The van der Waals surface area contributed by atoms with E-state index in [1.807, 2.05) is 45.0 Å². The number of piperidine rings is 1. The molecule has 10 heteroatoms. The van der Waals surface area contributed by atoms with E-state index in [-0.39, 0.29) is 17.9 Å². The fourth-order valence-electron chi connectivity index (χ4n) is 3.27. The molecular formula is C22H30N6O4. The molecule has 1 aliphatic rings. The first-order chi connectivity index (χ1) is 15.1. The molecule has 2 amide bonds. The highest BCUT2D eigenvalue weighted by molar-refractivity contribution is 5.97. The molecule has 1 aliphatic heterocycles. The number of hydrogen-bond donors (Lipinski definition) is 3. The molecule has 32 heavy (non-hydrogen) atoms. The second-order valence-electron chi connectivity index (χ2n) is 8.54. The summed E-state index contributed by atoms with van der Waals surface area (Å²) in [6, 6.07) is 9.06. The summed E-state index contributed by atoms with van der Waals surface area (Å²) in [5, 5.41) is 13.8. The smallest absolute Gasteiger partial charge is 0.410 e. The minimum Gasteiger partial charge on any atom is -0.490 e. The fourth-order valence-corrected chi connectivity index (χ4v) is 3.27. The molecule has 3 rings (SSSR count). The van der Waals surface area contributed by atoms with E-state index < -0.39 is 11.5 Å². The number of rotatable bonds is 6. The van der Waals surface area contributed by atoms with E-state index in [1.54, 1.807) is 18.0 Å². The third-order valence-electron chi connectivity index (χ3n) is 4.79. The maximum Gasteiger partial charge on any atom is 0.410 e. The van der Waals surface area contributed by atoms with Crippen LogP contribution in [0.5, 0.6) is 5.75 Å². The van der Waals surface area contributed by atoms with Gasteiger partial charge in [0, 0.05) is 50.8 Å².